The van der Waals surface area contributed by atoms with Crippen LogP contribution in [0.4, 0.5) is 0 Å². The maximum Gasteiger partial charge on any atom is 0.242 e. The van der Waals surface area contributed by atoms with Crippen molar-refractivity contribution in [3.05, 3.63) is 96.6 Å². The van der Waals surface area contributed by atoms with Crippen LogP contribution in [0.3, 0.4) is 0 Å². The molecular weight excluding hydrogens is 543 g/mol. The fourth-order valence-corrected chi connectivity index (χ4v) is 5.85. The van der Waals surface area contributed by atoms with Gasteiger partial charge in [-0.25, -0.2) is 0 Å². The fraction of sp³-hybridized carbons (Fsp3) is 0.267. The quantitative estimate of drug-likeness (QED) is 0.145. The van der Waals surface area contributed by atoms with Gasteiger partial charge in [-0.05, 0) is 35.2 Å². The monoisotopic (exact) mass is 578 g/mol. The molecule has 0 saturated heterocycles. The second-order valence-corrected chi connectivity index (χ2v) is 12.3. The van der Waals surface area contributed by atoms with Crippen molar-refractivity contribution in [2.45, 2.75) is 44.1 Å². The standard InChI is InChI=1S/C30H35N4O6P/c1-3-9-25(29(31)37)33-30(38)20(2)32-27(36)19-41(39,40)28(18-21-10-5-4-6-11-21)34-26(35)17-22-14-15-23-12-7-8-13-24(23)16-22/h3-8,10-16,20,25,28H,1,9,17-19H2,2H3,(H2,31,37)(H,32,36)(H,33,38)(H,34,35)(H,39,40)/t20-,25-,28?/m0/s1. The summed E-state index contributed by atoms with van der Waals surface area (Å²) in [5.41, 5.74) is 6.70. The normalized spacial score (nSPS) is 14.6. The van der Waals surface area contributed by atoms with Gasteiger partial charge < -0.3 is 26.6 Å². The van der Waals surface area contributed by atoms with E-state index in [0.717, 1.165) is 16.3 Å². The molecule has 0 spiro atoms. The Kier molecular flexibility index (Phi) is 11.0. The first kappa shape index (κ1) is 31.3. The molecular formula is C30H35N4O6P. The second-order valence-electron chi connectivity index (χ2n) is 9.82. The highest BCUT2D eigenvalue weighted by Crippen LogP contribution is 2.46. The molecule has 10 nitrogen and oxygen atoms in total. The molecule has 0 aliphatic heterocycles. The van der Waals surface area contributed by atoms with Crippen LogP contribution in [0.5, 0.6) is 0 Å². The minimum atomic E-state index is -4.33. The van der Waals surface area contributed by atoms with Gasteiger partial charge in [0, 0.05) is 6.42 Å². The Morgan fingerprint density at radius 2 is 1.56 bits per heavy atom. The van der Waals surface area contributed by atoms with Gasteiger partial charge in [0.05, 0.1) is 6.42 Å². The number of hydrogen-bond donors (Lipinski definition) is 5. The zero-order valence-corrected chi connectivity index (χ0v) is 23.7. The summed E-state index contributed by atoms with van der Waals surface area (Å²) in [5, 5.41) is 9.45. The summed E-state index contributed by atoms with van der Waals surface area (Å²) in [6.45, 7) is 4.88. The molecule has 3 aromatic carbocycles. The third-order valence-corrected chi connectivity index (χ3v) is 8.49. The lowest BCUT2D eigenvalue weighted by molar-refractivity contribution is -0.130. The van der Waals surface area contributed by atoms with E-state index in [4.69, 9.17) is 5.73 Å². The first-order valence-corrected chi connectivity index (χ1v) is 15.0. The Labute approximate surface area is 238 Å². The van der Waals surface area contributed by atoms with E-state index >= 15 is 0 Å². The molecule has 216 valence electrons. The number of fused-ring (bicyclic) bond motifs is 1. The van der Waals surface area contributed by atoms with Crippen molar-refractivity contribution in [1.82, 2.24) is 16.0 Å². The molecule has 0 fully saturated rings. The first-order chi connectivity index (χ1) is 19.5. The van der Waals surface area contributed by atoms with Crippen molar-refractivity contribution in [2.24, 2.45) is 5.73 Å². The minimum Gasteiger partial charge on any atom is -0.368 e. The molecule has 0 aliphatic carbocycles. The highest BCUT2D eigenvalue weighted by atomic mass is 31.2. The molecule has 6 N–H and O–H groups in total. The number of benzene rings is 3. The van der Waals surface area contributed by atoms with Crippen LogP contribution in [0.2, 0.25) is 0 Å². The Hall–Kier alpha value is -4.27. The average molecular weight is 579 g/mol. The Morgan fingerprint density at radius 1 is 0.902 bits per heavy atom. The number of nitrogens with one attached hydrogen (secondary N) is 3. The lowest BCUT2D eigenvalue weighted by atomic mass is 10.0. The molecule has 0 bridgehead atoms. The van der Waals surface area contributed by atoms with E-state index in [-0.39, 0.29) is 19.3 Å². The number of carbonyl (C=O) groups excluding carboxylic acids is 4. The van der Waals surface area contributed by atoms with E-state index in [0.29, 0.717) is 5.56 Å². The predicted octanol–water partition coefficient (Wildman–Crippen LogP) is 2.39. The molecule has 4 amide bonds. The molecule has 0 aliphatic rings. The van der Waals surface area contributed by atoms with E-state index in [1.54, 1.807) is 30.3 Å². The highest BCUT2D eigenvalue weighted by molar-refractivity contribution is 7.59. The van der Waals surface area contributed by atoms with E-state index in [2.05, 4.69) is 22.5 Å². The predicted molar refractivity (Wildman–Crippen MR) is 158 cm³/mol. The lowest BCUT2D eigenvalue weighted by Crippen LogP contribution is -2.52. The zero-order chi connectivity index (χ0) is 30.0. The van der Waals surface area contributed by atoms with Crippen LogP contribution < -0.4 is 21.7 Å². The summed E-state index contributed by atoms with van der Waals surface area (Å²) in [4.78, 5) is 60.7. The van der Waals surface area contributed by atoms with Crippen LogP contribution >= 0.6 is 7.37 Å². The van der Waals surface area contributed by atoms with Gasteiger partial charge in [-0.15, -0.1) is 6.58 Å². The van der Waals surface area contributed by atoms with E-state index < -0.39 is 55.0 Å². The molecule has 0 radical (unpaired) electrons. The Morgan fingerprint density at radius 3 is 2.22 bits per heavy atom. The molecule has 4 atom stereocenters. The van der Waals surface area contributed by atoms with Crippen molar-refractivity contribution in [1.29, 1.82) is 0 Å². The number of carbonyl (C=O) groups is 4. The van der Waals surface area contributed by atoms with Crippen LogP contribution in [0.25, 0.3) is 10.8 Å². The lowest BCUT2D eigenvalue weighted by Gasteiger charge is -2.25. The molecule has 3 rings (SSSR count). The van der Waals surface area contributed by atoms with Crippen molar-refractivity contribution >= 4 is 41.8 Å². The summed E-state index contributed by atoms with van der Waals surface area (Å²) in [6, 6.07) is 20.1. The zero-order valence-electron chi connectivity index (χ0n) is 22.8. The van der Waals surface area contributed by atoms with Crippen molar-refractivity contribution in [3.8, 4) is 0 Å². The summed E-state index contributed by atoms with van der Waals surface area (Å²) >= 11 is 0. The highest BCUT2D eigenvalue weighted by Gasteiger charge is 2.35. The first-order valence-electron chi connectivity index (χ1n) is 13.1. The Balaban J connectivity index is 1.69. The number of amides is 4. The average Bonchev–Trinajstić information content (AvgIpc) is 2.92. The van der Waals surface area contributed by atoms with Gasteiger partial charge >= 0.3 is 0 Å². The molecule has 0 aromatic heterocycles. The summed E-state index contributed by atoms with van der Waals surface area (Å²) < 4.78 is 13.5. The van der Waals surface area contributed by atoms with Crippen molar-refractivity contribution in [3.63, 3.8) is 0 Å². The minimum absolute atomic E-state index is 0.0171. The van der Waals surface area contributed by atoms with Gasteiger partial charge in [-0.3, -0.25) is 23.7 Å². The second kappa shape index (κ2) is 14.4. The van der Waals surface area contributed by atoms with Crippen LogP contribution in [-0.2, 0) is 36.6 Å². The molecule has 41 heavy (non-hydrogen) atoms. The SMILES string of the molecule is C=CC[C@H](NC(=O)[C@H](C)NC(=O)CP(=O)(O)C(Cc1ccccc1)NC(=O)Cc1ccc2ccccc2c1)C(N)=O. The van der Waals surface area contributed by atoms with E-state index in [1.165, 1.54) is 13.0 Å². The molecule has 0 saturated carbocycles. The molecule has 11 heteroatoms. The van der Waals surface area contributed by atoms with Gasteiger partial charge in [0.15, 0.2) is 0 Å². The van der Waals surface area contributed by atoms with Gasteiger partial charge in [-0.2, -0.15) is 0 Å². The summed E-state index contributed by atoms with van der Waals surface area (Å²) in [6.07, 6.45) is 0.689. The van der Waals surface area contributed by atoms with Crippen LogP contribution in [0, 0.1) is 0 Å². The van der Waals surface area contributed by atoms with E-state index in [9.17, 15) is 28.6 Å². The summed E-state index contributed by atoms with van der Waals surface area (Å²) in [7, 11) is -4.33. The molecule has 0 heterocycles. The Bertz CT molecular complexity index is 1460. The molecule has 2 unspecified atom stereocenters. The summed E-state index contributed by atoms with van der Waals surface area (Å²) in [5.74, 6) is -4.04. The number of nitrogens with two attached hydrogens (primary N) is 1. The number of rotatable bonds is 14. The van der Waals surface area contributed by atoms with Gasteiger partial charge in [0.25, 0.3) is 0 Å². The van der Waals surface area contributed by atoms with Gasteiger partial charge in [-0.1, -0.05) is 78.9 Å². The fourth-order valence-electron chi connectivity index (χ4n) is 4.28. The topological polar surface area (TPSA) is 168 Å². The van der Waals surface area contributed by atoms with Crippen molar-refractivity contribution in [2.75, 3.05) is 6.16 Å². The maximum absolute atomic E-state index is 13.5. The molecule has 3 aromatic rings. The van der Waals surface area contributed by atoms with E-state index in [1.807, 2.05) is 42.5 Å². The van der Waals surface area contributed by atoms with Crippen LogP contribution in [0.15, 0.2) is 85.5 Å². The van der Waals surface area contributed by atoms with Crippen LogP contribution in [-0.4, -0.2) is 52.6 Å². The van der Waals surface area contributed by atoms with Crippen LogP contribution in [0.1, 0.15) is 24.5 Å². The van der Waals surface area contributed by atoms with Crippen molar-refractivity contribution < 1.29 is 28.6 Å². The number of hydrogen-bond acceptors (Lipinski definition) is 5. The van der Waals surface area contributed by atoms with Gasteiger partial charge in [0.1, 0.15) is 24.0 Å². The smallest absolute Gasteiger partial charge is 0.242 e. The third-order valence-electron chi connectivity index (χ3n) is 6.47. The van der Waals surface area contributed by atoms with Gasteiger partial charge in [0.2, 0.25) is 31.0 Å². The largest absolute Gasteiger partial charge is 0.368 e. The maximum atomic E-state index is 13.5. The number of primary amides is 1. The third kappa shape index (κ3) is 9.41.